The second-order valence-electron chi connectivity index (χ2n) is 25.1. The smallest absolute Gasteiger partial charge is 0.411 e. The van der Waals surface area contributed by atoms with Crippen LogP contribution in [0.1, 0.15) is 152 Å². The Labute approximate surface area is 428 Å². The Morgan fingerprint density at radius 2 is 0.639 bits per heavy atom. The predicted octanol–water partition coefficient (Wildman–Crippen LogP) is 8.22. The Morgan fingerprint density at radius 3 is 0.917 bits per heavy atom. The van der Waals surface area contributed by atoms with Crippen LogP contribution in [-0.4, -0.2) is 206 Å². The molecule has 22 heteroatoms. The molecule has 0 saturated carbocycles. The quantitative estimate of drug-likeness (QED) is 0.208. The van der Waals surface area contributed by atoms with Crippen molar-refractivity contribution in [2.45, 2.75) is 215 Å². The number of nitrogens with zero attached hydrogens (tertiary/aromatic N) is 6. The molecule has 3 fully saturated rings. The summed E-state index contributed by atoms with van der Waals surface area (Å²) in [5.41, 5.74) is -6.69. The maximum Gasteiger partial charge on any atom is 0.411 e. The van der Waals surface area contributed by atoms with Crippen LogP contribution in [0.25, 0.3) is 0 Å². The lowest BCUT2D eigenvalue weighted by atomic mass is 9.95. The minimum absolute atomic E-state index is 0.000823. The fourth-order valence-corrected chi connectivity index (χ4v) is 6.97. The summed E-state index contributed by atoms with van der Waals surface area (Å²) in [6, 6.07) is -2.30. The largest absolute Gasteiger partial charge is 0.467 e. The Hall–Kier alpha value is -5.02. The summed E-state index contributed by atoms with van der Waals surface area (Å²) in [5, 5.41) is 10.5. The van der Waals surface area contributed by atoms with Crippen molar-refractivity contribution < 1.29 is 76.2 Å². The lowest BCUT2D eigenvalue weighted by Gasteiger charge is -2.46. The lowest BCUT2D eigenvalue weighted by Crippen LogP contribution is -2.64. The van der Waals surface area contributed by atoms with E-state index in [0.29, 0.717) is 6.54 Å². The number of alkyl halides is 1. The molecule has 418 valence electrons. The van der Waals surface area contributed by atoms with Crippen LogP contribution in [0.4, 0.5) is 33.2 Å². The molecular formula is C50H91FN6O15. The third-order valence-corrected chi connectivity index (χ3v) is 10.1. The Kier molecular flexibility index (Phi) is 22.0. The van der Waals surface area contributed by atoms with Crippen LogP contribution in [-0.2, 0) is 38.0 Å². The van der Waals surface area contributed by atoms with Crippen molar-refractivity contribution in [3.05, 3.63) is 0 Å². The molecule has 0 radical (unpaired) electrons. The van der Waals surface area contributed by atoms with Gasteiger partial charge in [-0.05, 0) is 152 Å². The van der Waals surface area contributed by atoms with Gasteiger partial charge in [0.2, 0.25) is 0 Å². The van der Waals surface area contributed by atoms with E-state index in [2.05, 4.69) is 0 Å². The molecule has 3 aliphatic rings. The van der Waals surface area contributed by atoms with Gasteiger partial charge in [-0.1, -0.05) is 0 Å². The standard InChI is InChI=1S/C17H31FN2O4.C17H32N2O5.C16H28N2O6/c1-15(2,3)23-13(21)19-9-10-20(12(11-19)17(7,8)18)14(22)24-16(4,5)6;1-15(2,3)23-13(20)18-9-10-19(12(11-18)17(7,8)22)14(21)24-16(4,5)6;1-15(2,3)23-13(20)17-8-9-18(11(10-17)12(19)22-7)14(21)24-16(4,5)6/h12H,9-11H2,1-8H3;12,22H,9-11H2,1-8H3;11H,8-10H2,1-7H3. The molecule has 3 rings (SSSR count). The van der Waals surface area contributed by atoms with Gasteiger partial charge in [0.05, 0.1) is 31.3 Å². The number of halogens is 1. The van der Waals surface area contributed by atoms with Crippen molar-refractivity contribution in [1.82, 2.24) is 29.4 Å². The summed E-state index contributed by atoms with van der Waals surface area (Å²) in [6.45, 7) is 39.7. The van der Waals surface area contributed by atoms with E-state index < -0.39 is 106 Å². The average Bonchev–Trinajstić information content (AvgIpc) is 3.15. The molecule has 1 N–H and O–H groups in total. The molecule has 0 aromatic heterocycles. The fourth-order valence-electron chi connectivity index (χ4n) is 6.97. The molecule has 3 heterocycles. The van der Waals surface area contributed by atoms with Crippen LogP contribution in [0, 0.1) is 0 Å². The average molecular weight is 1040 g/mol. The lowest BCUT2D eigenvalue weighted by molar-refractivity contribution is -0.149. The molecule has 6 amide bonds. The summed E-state index contributed by atoms with van der Waals surface area (Å²) in [4.78, 5) is 94.4. The second kappa shape index (κ2) is 24.3. The first-order valence-corrected chi connectivity index (χ1v) is 24.5. The second-order valence-corrected chi connectivity index (χ2v) is 25.1. The van der Waals surface area contributed by atoms with Crippen molar-refractivity contribution >= 4 is 42.5 Å². The molecule has 3 atom stereocenters. The maximum atomic E-state index is 14.7. The van der Waals surface area contributed by atoms with Crippen LogP contribution in [0.5, 0.6) is 0 Å². The van der Waals surface area contributed by atoms with Crippen LogP contribution < -0.4 is 0 Å². The van der Waals surface area contributed by atoms with Gasteiger partial charge < -0.3 is 53.0 Å². The summed E-state index contributed by atoms with van der Waals surface area (Å²) in [6.07, 6.45) is -3.14. The van der Waals surface area contributed by atoms with Crippen molar-refractivity contribution in [2.75, 3.05) is 66.0 Å². The van der Waals surface area contributed by atoms with Gasteiger partial charge in [0.1, 0.15) is 39.3 Å². The van der Waals surface area contributed by atoms with Crippen LogP contribution in [0.2, 0.25) is 0 Å². The highest BCUT2D eigenvalue weighted by Gasteiger charge is 2.46. The number of ether oxygens (including phenoxy) is 7. The molecular weight excluding hydrogens is 944 g/mol. The SMILES string of the molecule is CC(C)(C)OC(=O)N1CCN(C(=O)OC(C)(C)C)C(C(C)(C)F)C1.CC(C)(C)OC(=O)N1CCN(C(=O)OC(C)(C)C)C(C(C)(C)O)C1.COC(=O)C1CN(C(=O)OC(C)(C)C)CCN1C(=O)OC(C)(C)C. The van der Waals surface area contributed by atoms with Gasteiger partial charge in [-0.2, -0.15) is 0 Å². The zero-order valence-corrected chi connectivity index (χ0v) is 47.8. The number of hydrogen-bond acceptors (Lipinski definition) is 15. The molecule has 0 aliphatic carbocycles. The van der Waals surface area contributed by atoms with Gasteiger partial charge in [-0.15, -0.1) is 0 Å². The van der Waals surface area contributed by atoms with E-state index in [1.165, 1.54) is 50.4 Å². The van der Waals surface area contributed by atoms with Gasteiger partial charge in [0, 0.05) is 52.4 Å². The van der Waals surface area contributed by atoms with E-state index in [-0.39, 0.29) is 52.4 Å². The first kappa shape index (κ1) is 65.0. The van der Waals surface area contributed by atoms with E-state index in [1.807, 2.05) is 0 Å². The van der Waals surface area contributed by atoms with E-state index >= 15 is 0 Å². The third-order valence-electron chi connectivity index (χ3n) is 10.1. The van der Waals surface area contributed by atoms with Crippen LogP contribution >= 0.6 is 0 Å². The monoisotopic (exact) mass is 1030 g/mol. The molecule has 0 spiro atoms. The number of aliphatic hydroxyl groups is 1. The molecule has 21 nitrogen and oxygen atoms in total. The zero-order valence-electron chi connectivity index (χ0n) is 47.8. The van der Waals surface area contributed by atoms with Gasteiger partial charge in [0.15, 0.2) is 6.04 Å². The van der Waals surface area contributed by atoms with Crippen molar-refractivity contribution in [2.24, 2.45) is 0 Å². The summed E-state index contributed by atoms with van der Waals surface area (Å²) >= 11 is 0. The summed E-state index contributed by atoms with van der Waals surface area (Å²) in [7, 11) is 1.24. The number of methoxy groups -OCH3 is 1. The van der Waals surface area contributed by atoms with E-state index in [1.54, 1.807) is 138 Å². The molecule has 72 heavy (non-hydrogen) atoms. The van der Waals surface area contributed by atoms with E-state index in [9.17, 15) is 43.1 Å². The Bertz CT molecular complexity index is 1770. The number of amides is 6. The molecule has 3 aliphatic heterocycles. The normalized spacial score (nSPS) is 19.6. The third kappa shape index (κ3) is 23.7. The molecule has 0 aromatic rings. The topological polar surface area (TPSA) is 224 Å². The Balaban J connectivity index is 0.000000540. The summed E-state index contributed by atoms with van der Waals surface area (Å²) in [5.74, 6) is -0.603. The zero-order chi connectivity index (χ0) is 56.6. The van der Waals surface area contributed by atoms with Crippen LogP contribution in [0.3, 0.4) is 0 Å². The highest BCUT2D eigenvalue weighted by Crippen LogP contribution is 2.28. The van der Waals surface area contributed by atoms with Gasteiger partial charge in [-0.25, -0.2) is 38.0 Å². The number of esters is 1. The fraction of sp³-hybridized carbons (Fsp3) is 0.860. The highest BCUT2D eigenvalue weighted by atomic mass is 19.1. The summed E-state index contributed by atoms with van der Waals surface area (Å²) < 4.78 is 51.6. The number of carbonyl (C=O) groups is 7. The maximum absolute atomic E-state index is 14.7. The minimum atomic E-state index is -1.68. The first-order valence-electron chi connectivity index (χ1n) is 24.5. The van der Waals surface area contributed by atoms with Gasteiger partial charge in [0.25, 0.3) is 0 Å². The molecule has 0 bridgehead atoms. The first-order chi connectivity index (χ1) is 32.0. The molecule has 3 unspecified atom stereocenters. The van der Waals surface area contributed by atoms with Crippen molar-refractivity contribution in [1.29, 1.82) is 0 Å². The number of carbonyl (C=O) groups excluding carboxylic acids is 7. The van der Waals surface area contributed by atoms with E-state index in [0.717, 1.165) is 0 Å². The Morgan fingerprint density at radius 1 is 0.389 bits per heavy atom. The number of rotatable bonds is 3. The minimum Gasteiger partial charge on any atom is -0.467 e. The van der Waals surface area contributed by atoms with E-state index in [4.69, 9.17) is 33.2 Å². The van der Waals surface area contributed by atoms with Crippen molar-refractivity contribution in [3.8, 4) is 0 Å². The number of hydrogen-bond donors (Lipinski definition) is 1. The van der Waals surface area contributed by atoms with Crippen molar-refractivity contribution in [3.63, 3.8) is 0 Å². The van der Waals surface area contributed by atoms with Gasteiger partial charge >= 0.3 is 42.5 Å². The predicted molar refractivity (Wildman–Crippen MR) is 267 cm³/mol. The molecule has 3 saturated heterocycles. The van der Waals surface area contributed by atoms with Crippen LogP contribution in [0.15, 0.2) is 0 Å². The molecule has 0 aromatic carbocycles. The number of piperazine rings is 3. The van der Waals surface area contributed by atoms with Gasteiger partial charge in [-0.3, -0.25) is 14.7 Å². The highest BCUT2D eigenvalue weighted by molar-refractivity contribution is 5.83.